The fourth-order valence-electron chi connectivity index (χ4n) is 3.37. The Morgan fingerprint density at radius 1 is 1.30 bits per heavy atom. The average molecular weight is 328 g/mol. The third kappa shape index (κ3) is 3.11. The maximum absolute atomic E-state index is 5.63. The molecular formula is C18H24N4S. The largest absolute Gasteiger partial charge is 0.362 e. The van der Waals surface area contributed by atoms with E-state index >= 15 is 0 Å². The number of aromatic amines is 1. The molecule has 0 spiro atoms. The van der Waals surface area contributed by atoms with E-state index in [1.165, 1.54) is 17.0 Å². The Balaban J connectivity index is 2.01. The van der Waals surface area contributed by atoms with E-state index in [0.29, 0.717) is 0 Å². The van der Waals surface area contributed by atoms with E-state index in [-0.39, 0.29) is 12.1 Å². The molecule has 0 aromatic carbocycles. The summed E-state index contributed by atoms with van der Waals surface area (Å²) in [5.74, 6) is 0. The van der Waals surface area contributed by atoms with Gasteiger partial charge < -0.3 is 15.2 Å². The first kappa shape index (κ1) is 16.0. The normalized spacial score (nSPS) is 20.8. The van der Waals surface area contributed by atoms with Crippen LogP contribution >= 0.6 is 12.2 Å². The summed E-state index contributed by atoms with van der Waals surface area (Å²) in [5, 5.41) is 4.33. The van der Waals surface area contributed by atoms with Gasteiger partial charge in [0.25, 0.3) is 0 Å². The fourth-order valence-corrected chi connectivity index (χ4v) is 3.70. The van der Waals surface area contributed by atoms with Gasteiger partial charge in [-0.2, -0.15) is 0 Å². The molecule has 0 radical (unpaired) electrons. The lowest BCUT2D eigenvalue weighted by atomic mass is 9.96. The zero-order valence-corrected chi connectivity index (χ0v) is 14.8. The summed E-state index contributed by atoms with van der Waals surface area (Å²) >= 11 is 5.63. The monoisotopic (exact) mass is 328 g/mol. The van der Waals surface area contributed by atoms with Crippen molar-refractivity contribution in [1.29, 1.82) is 0 Å². The molecule has 1 aliphatic heterocycles. The summed E-state index contributed by atoms with van der Waals surface area (Å²) in [4.78, 5) is 10.3. The third-order valence-electron chi connectivity index (χ3n) is 4.46. The highest BCUT2D eigenvalue weighted by Gasteiger charge is 2.40. The maximum Gasteiger partial charge on any atom is 0.170 e. The van der Waals surface area contributed by atoms with Crippen molar-refractivity contribution in [2.24, 2.45) is 0 Å². The summed E-state index contributed by atoms with van der Waals surface area (Å²) < 4.78 is 0. The van der Waals surface area contributed by atoms with Crippen LogP contribution in [-0.2, 0) is 0 Å². The van der Waals surface area contributed by atoms with Gasteiger partial charge in [-0.15, -0.1) is 0 Å². The molecule has 0 saturated carbocycles. The number of aromatic nitrogens is 2. The Kier molecular flexibility index (Phi) is 4.66. The number of hydrogen-bond donors (Lipinski definition) is 2. The van der Waals surface area contributed by atoms with Crippen molar-refractivity contribution in [3.05, 3.63) is 53.1 Å². The van der Waals surface area contributed by atoms with E-state index in [2.05, 4.69) is 53.1 Å². The molecule has 0 bridgehead atoms. The lowest BCUT2D eigenvalue weighted by molar-refractivity contribution is 0.312. The van der Waals surface area contributed by atoms with Gasteiger partial charge in [-0.1, -0.05) is 19.4 Å². The Labute approximate surface area is 143 Å². The predicted molar refractivity (Wildman–Crippen MR) is 97.3 cm³/mol. The Bertz CT molecular complexity index is 680. The van der Waals surface area contributed by atoms with Crippen molar-refractivity contribution in [3.63, 3.8) is 0 Å². The van der Waals surface area contributed by atoms with E-state index in [4.69, 9.17) is 12.2 Å². The quantitative estimate of drug-likeness (QED) is 0.820. The number of thiocarbonyl (C=S) groups is 1. The average Bonchev–Trinajstić information content (AvgIpc) is 3.05. The molecule has 3 heterocycles. The minimum Gasteiger partial charge on any atom is -0.362 e. The van der Waals surface area contributed by atoms with Crippen LogP contribution in [0.3, 0.4) is 0 Å². The van der Waals surface area contributed by atoms with E-state index in [1.807, 2.05) is 18.3 Å². The minimum absolute atomic E-state index is 0.0921. The number of aryl methyl sites for hydroxylation is 2. The molecule has 4 nitrogen and oxygen atoms in total. The molecular weight excluding hydrogens is 304 g/mol. The molecule has 2 atom stereocenters. The first-order valence-corrected chi connectivity index (χ1v) is 8.66. The van der Waals surface area contributed by atoms with Crippen LogP contribution in [0.1, 0.15) is 54.5 Å². The first-order chi connectivity index (χ1) is 11.1. The molecule has 5 heteroatoms. The lowest BCUT2D eigenvalue weighted by Crippen LogP contribution is -2.30. The SMILES string of the molecule is CCCCN1C(=S)N[C@@H](c2ccccn2)[C@H]1c1cc(C)[nH]c1C. The number of rotatable bonds is 5. The smallest absolute Gasteiger partial charge is 0.170 e. The van der Waals surface area contributed by atoms with Gasteiger partial charge in [0.05, 0.1) is 17.8 Å². The molecule has 1 saturated heterocycles. The van der Waals surface area contributed by atoms with E-state index in [9.17, 15) is 0 Å². The van der Waals surface area contributed by atoms with Crippen molar-refractivity contribution in [1.82, 2.24) is 20.2 Å². The minimum atomic E-state index is 0.0921. The van der Waals surface area contributed by atoms with Gasteiger partial charge in [0, 0.05) is 24.1 Å². The van der Waals surface area contributed by atoms with Crippen LogP contribution in [0.2, 0.25) is 0 Å². The lowest BCUT2D eigenvalue weighted by Gasteiger charge is -2.27. The number of unbranched alkanes of at least 4 members (excludes halogenated alkanes) is 1. The summed E-state index contributed by atoms with van der Waals surface area (Å²) in [7, 11) is 0. The highest BCUT2D eigenvalue weighted by atomic mass is 32.1. The molecule has 3 rings (SSSR count). The Morgan fingerprint density at radius 3 is 2.74 bits per heavy atom. The van der Waals surface area contributed by atoms with Crippen molar-refractivity contribution in [3.8, 4) is 0 Å². The predicted octanol–water partition coefficient (Wildman–Crippen LogP) is 3.80. The van der Waals surface area contributed by atoms with Crippen LogP contribution in [0, 0.1) is 13.8 Å². The molecule has 2 aromatic rings. The van der Waals surface area contributed by atoms with Crippen LogP contribution < -0.4 is 5.32 Å². The van der Waals surface area contributed by atoms with Crippen LogP contribution in [0.4, 0.5) is 0 Å². The van der Waals surface area contributed by atoms with Gasteiger partial charge in [0.2, 0.25) is 0 Å². The number of H-pyrrole nitrogens is 1. The number of pyridine rings is 1. The molecule has 2 aromatic heterocycles. The first-order valence-electron chi connectivity index (χ1n) is 8.26. The second kappa shape index (κ2) is 6.71. The fraction of sp³-hybridized carbons (Fsp3) is 0.444. The second-order valence-corrected chi connectivity index (χ2v) is 6.59. The summed E-state index contributed by atoms with van der Waals surface area (Å²) in [5.41, 5.74) is 4.74. The third-order valence-corrected chi connectivity index (χ3v) is 4.81. The molecule has 0 unspecified atom stereocenters. The molecule has 2 N–H and O–H groups in total. The standard InChI is InChI=1S/C18H24N4S/c1-4-5-10-22-17(14-11-12(2)20-13(14)3)16(21-18(22)23)15-8-6-7-9-19-15/h6-9,11,16-17,20H,4-5,10H2,1-3H3,(H,21,23)/t16-,17+/m0/s1. The zero-order valence-electron chi connectivity index (χ0n) is 14.0. The molecule has 1 fully saturated rings. The zero-order chi connectivity index (χ0) is 16.4. The van der Waals surface area contributed by atoms with Crippen LogP contribution in [0.5, 0.6) is 0 Å². The van der Waals surface area contributed by atoms with E-state index in [1.54, 1.807) is 0 Å². The topological polar surface area (TPSA) is 44.0 Å². The number of nitrogens with zero attached hydrogens (tertiary/aromatic N) is 2. The van der Waals surface area contributed by atoms with E-state index in [0.717, 1.165) is 30.2 Å². The van der Waals surface area contributed by atoms with Crippen LogP contribution in [0.15, 0.2) is 30.5 Å². The Hall–Kier alpha value is -1.88. The van der Waals surface area contributed by atoms with E-state index < -0.39 is 0 Å². The molecule has 23 heavy (non-hydrogen) atoms. The highest BCUT2D eigenvalue weighted by Crippen LogP contribution is 2.40. The van der Waals surface area contributed by atoms with Crippen LogP contribution in [0.25, 0.3) is 0 Å². The van der Waals surface area contributed by atoms with Crippen molar-refractivity contribution in [2.75, 3.05) is 6.54 Å². The van der Waals surface area contributed by atoms with Gasteiger partial charge in [-0.25, -0.2) is 0 Å². The second-order valence-electron chi connectivity index (χ2n) is 6.21. The van der Waals surface area contributed by atoms with Gasteiger partial charge in [-0.3, -0.25) is 4.98 Å². The number of nitrogens with one attached hydrogen (secondary N) is 2. The Morgan fingerprint density at radius 2 is 2.13 bits per heavy atom. The van der Waals surface area contributed by atoms with Crippen molar-refractivity contribution >= 4 is 17.3 Å². The summed E-state index contributed by atoms with van der Waals surface area (Å²) in [6.45, 7) is 7.42. The van der Waals surface area contributed by atoms with Crippen LogP contribution in [-0.4, -0.2) is 26.5 Å². The molecule has 0 amide bonds. The summed E-state index contributed by atoms with van der Waals surface area (Å²) in [6, 6.07) is 8.58. The van der Waals surface area contributed by atoms with Crippen molar-refractivity contribution in [2.45, 2.75) is 45.7 Å². The maximum atomic E-state index is 5.63. The van der Waals surface area contributed by atoms with Crippen molar-refractivity contribution < 1.29 is 0 Å². The molecule has 1 aliphatic rings. The van der Waals surface area contributed by atoms with Gasteiger partial charge >= 0.3 is 0 Å². The van der Waals surface area contributed by atoms with Gasteiger partial charge in [-0.05, 0) is 56.2 Å². The number of hydrogen-bond acceptors (Lipinski definition) is 2. The molecule has 0 aliphatic carbocycles. The highest BCUT2D eigenvalue weighted by molar-refractivity contribution is 7.80. The summed E-state index contributed by atoms with van der Waals surface area (Å²) in [6.07, 6.45) is 4.14. The van der Waals surface area contributed by atoms with Gasteiger partial charge in [0.15, 0.2) is 5.11 Å². The molecule has 122 valence electrons. The van der Waals surface area contributed by atoms with Gasteiger partial charge in [0.1, 0.15) is 0 Å².